The number of rotatable bonds is 5. The van der Waals surface area contributed by atoms with Gasteiger partial charge >= 0.3 is 6.09 Å². The molecule has 0 heterocycles. The minimum absolute atomic E-state index is 0.0847. The molecular formula is C20H22FN3O4. The summed E-state index contributed by atoms with van der Waals surface area (Å²) in [5.74, 6) is -1.70. The first-order chi connectivity index (χ1) is 13.1. The number of ether oxygens (including phenoxy) is 1. The van der Waals surface area contributed by atoms with Crippen LogP contribution in [0.4, 0.5) is 20.6 Å². The number of hydrogen-bond acceptors (Lipinski definition) is 4. The largest absolute Gasteiger partial charge is 0.444 e. The van der Waals surface area contributed by atoms with Gasteiger partial charge in [-0.1, -0.05) is 18.2 Å². The van der Waals surface area contributed by atoms with Crippen molar-refractivity contribution in [2.24, 2.45) is 0 Å². The number of anilines is 2. The van der Waals surface area contributed by atoms with E-state index in [0.717, 1.165) is 0 Å². The van der Waals surface area contributed by atoms with Crippen molar-refractivity contribution < 1.29 is 23.5 Å². The normalized spacial score (nSPS) is 10.7. The monoisotopic (exact) mass is 387 g/mol. The summed E-state index contributed by atoms with van der Waals surface area (Å²) in [7, 11) is 0. The fourth-order valence-electron chi connectivity index (χ4n) is 2.19. The van der Waals surface area contributed by atoms with E-state index in [4.69, 9.17) is 4.74 Å². The average molecular weight is 387 g/mol. The number of amides is 3. The molecule has 2 aromatic rings. The summed E-state index contributed by atoms with van der Waals surface area (Å²) >= 11 is 0. The molecule has 2 aromatic carbocycles. The third-order valence-corrected chi connectivity index (χ3v) is 3.31. The van der Waals surface area contributed by atoms with Gasteiger partial charge in [-0.3, -0.25) is 9.59 Å². The van der Waals surface area contributed by atoms with Crippen molar-refractivity contribution in [1.82, 2.24) is 5.32 Å². The van der Waals surface area contributed by atoms with E-state index < -0.39 is 29.3 Å². The van der Waals surface area contributed by atoms with Gasteiger partial charge in [-0.2, -0.15) is 0 Å². The van der Waals surface area contributed by atoms with E-state index in [1.54, 1.807) is 45.0 Å². The second kappa shape index (κ2) is 8.98. The van der Waals surface area contributed by atoms with Crippen LogP contribution in [0.1, 0.15) is 31.1 Å². The Morgan fingerprint density at radius 3 is 2.25 bits per heavy atom. The number of carbonyl (C=O) groups excluding carboxylic acids is 3. The summed E-state index contributed by atoms with van der Waals surface area (Å²) in [5, 5.41) is 7.51. The molecule has 0 saturated carbocycles. The highest BCUT2D eigenvalue weighted by Crippen LogP contribution is 2.17. The second-order valence-corrected chi connectivity index (χ2v) is 6.92. The summed E-state index contributed by atoms with van der Waals surface area (Å²) in [6, 6.07) is 12.0. The van der Waals surface area contributed by atoms with Gasteiger partial charge in [0.15, 0.2) is 0 Å². The fraction of sp³-hybridized carbons (Fsp3) is 0.250. The molecule has 2 rings (SSSR count). The molecule has 0 unspecified atom stereocenters. The first-order valence-corrected chi connectivity index (χ1v) is 8.57. The number of hydrogen-bond donors (Lipinski definition) is 3. The molecule has 0 fully saturated rings. The minimum Gasteiger partial charge on any atom is -0.444 e. The summed E-state index contributed by atoms with van der Waals surface area (Å²) in [4.78, 5) is 35.7. The lowest BCUT2D eigenvalue weighted by Gasteiger charge is -2.19. The molecule has 8 heteroatoms. The summed E-state index contributed by atoms with van der Waals surface area (Å²) in [5.41, 5.74) is 0.0395. The minimum atomic E-state index is -0.700. The van der Waals surface area contributed by atoms with Gasteiger partial charge in [0, 0.05) is 11.4 Å². The van der Waals surface area contributed by atoms with Crippen molar-refractivity contribution in [3.63, 3.8) is 0 Å². The van der Waals surface area contributed by atoms with Crippen LogP contribution in [0.15, 0.2) is 48.5 Å². The van der Waals surface area contributed by atoms with Gasteiger partial charge in [-0.05, 0) is 51.1 Å². The first-order valence-electron chi connectivity index (χ1n) is 8.57. The van der Waals surface area contributed by atoms with Crippen molar-refractivity contribution in [3.05, 3.63) is 59.9 Å². The zero-order valence-corrected chi connectivity index (χ0v) is 15.8. The maximum Gasteiger partial charge on any atom is 0.408 e. The molecule has 7 nitrogen and oxygen atoms in total. The SMILES string of the molecule is CC(C)(C)OC(=O)NCC(=O)Nc1cccc(NC(=O)c2ccccc2F)c1. The van der Waals surface area contributed by atoms with Gasteiger partial charge in [0.05, 0.1) is 5.56 Å². The van der Waals surface area contributed by atoms with Crippen LogP contribution in [-0.4, -0.2) is 30.1 Å². The fourth-order valence-corrected chi connectivity index (χ4v) is 2.19. The molecule has 0 atom stereocenters. The first kappa shape index (κ1) is 20.9. The average Bonchev–Trinajstić information content (AvgIpc) is 2.59. The Bertz CT molecular complexity index is 878. The van der Waals surface area contributed by atoms with Gasteiger partial charge in [-0.15, -0.1) is 0 Å². The molecule has 0 aliphatic rings. The van der Waals surface area contributed by atoms with Crippen LogP contribution >= 0.6 is 0 Å². The molecule has 0 aromatic heterocycles. The smallest absolute Gasteiger partial charge is 0.408 e. The number of alkyl carbamates (subject to hydrolysis) is 1. The zero-order chi connectivity index (χ0) is 20.7. The van der Waals surface area contributed by atoms with E-state index in [1.165, 1.54) is 24.3 Å². The molecular weight excluding hydrogens is 365 g/mol. The standard InChI is InChI=1S/C20H22FN3O4/c1-20(2,3)28-19(27)22-12-17(25)23-13-7-6-8-14(11-13)24-18(26)15-9-4-5-10-16(15)21/h4-11H,12H2,1-3H3,(H,22,27)(H,23,25)(H,24,26). The molecule has 0 bridgehead atoms. The lowest BCUT2D eigenvalue weighted by molar-refractivity contribution is -0.115. The Hall–Kier alpha value is -3.42. The Kier molecular flexibility index (Phi) is 6.70. The Labute approximate surface area is 162 Å². The van der Waals surface area contributed by atoms with Crippen molar-refractivity contribution in [3.8, 4) is 0 Å². The summed E-state index contributed by atoms with van der Waals surface area (Å²) < 4.78 is 18.7. The molecule has 28 heavy (non-hydrogen) atoms. The molecule has 0 spiro atoms. The number of nitrogens with one attached hydrogen (secondary N) is 3. The van der Waals surface area contributed by atoms with Crippen LogP contribution in [0, 0.1) is 5.82 Å². The lowest BCUT2D eigenvalue weighted by Crippen LogP contribution is -2.37. The van der Waals surface area contributed by atoms with Crippen LogP contribution in [-0.2, 0) is 9.53 Å². The molecule has 3 N–H and O–H groups in total. The Balaban J connectivity index is 1.92. The van der Waals surface area contributed by atoms with Crippen LogP contribution in [0.2, 0.25) is 0 Å². The molecule has 0 aliphatic carbocycles. The van der Waals surface area contributed by atoms with Crippen molar-refractivity contribution >= 4 is 29.3 Å². The third kappa shape index (κ3) is 6.71. The predicted octanol–water partition coefficient (Wildman–Crippen LogP) is 3.54. The predicted molar refractivity (Wildman–Crippen MR) is 104 cm³/mol. The highest BCUT2D eigenvalue weighted by molar-refractivity contribution is 6.05. The number of halogens is 1. The van der Waals surface area contributed by atoms with E-state index in [2.05, 4.69) is 16.0 Å². The van der Waals surface area contributed by atoms with Gasteiger partial charge in [0.25, 0.3) is 5.91 Å². The van der Waals surface area contributed by atoms with Crippen LogP contribution < -0.4 is 16.0 Å². The van der Waals surface area contributed by atoms with Crippen LogP contribution in [0.25, 0.3) is 0 Å². The van der Waals surface area contributed by atoms with E-state index in [1.807, 2.05) is 0 Å². The molecule has 0 saturated heterocycles. The van der Waals surface area contributed by atoms with E-state index >= 15 is 0 Å². The highest BCUT2D eigenvalue weighted by Gasteiger charge is 2.16. The second-order valence-electron chi connectivity index (χ2n) is 6.92. The molecule has 148 valence electrons. The number of carbonyl (C=O) groups is 3. The van der Waals surface area contributed by atoms with Gasteiger partial charge in [0.1, 0.15) is 18.0 Å². The third-order valence-electron chi connectivity index (χ3n) is 3.31. The van der Waals surface area contributed by atoms with Crippen LogP contribution in [0.3, 0.4) is 0 Å². The number of benzene rings is 2. The van der Waals surface area contributed by atoms with E-state index in [-0.39, 0.29) is 12.1 Å². The Morgan fingerprint density at radius 1 is 0.964 bits per heavy atom. The van der Waals surface area contributed by atoms with Crippen molar-refractivity contribution in [2.75, 3.05) is 17.2 Å². The van der Waals surface area contributed by atoms with Gasteiger partial charge < -0.3 is 20.7 Å². The molecule has 0 aliphatic heterocycles. The summed E-state index contributed by atoms with van der Waals surface area (Å²) in [6.45, 7) is 4.87. The maximum absolute atomic E-state index is 13.7. The quantitative estimate of drug-likeness (QED) is 0.731. The summed E-state index contributed by atoms with van der Waals surface area (Å²) in [6.07, 6.45) is -0.700. The van der Waals surface area contributed by atoms with Crippen LogP contribution in [0.5, 0.6) is 0 Å². The van der Waals surface area contributed by atoms with Crippen molar-refractivity contribution in [1.29, 1.82) is 0 Å². The maximum atomic E-state index is 13.7. The van der Waals surface area contributed by atoms with E-state index in [0.29, 0.717) is 11.4 Å². The van der Waals surface area contributed by atoms with Gasteiger partial charge in [0.2, 0.25) is 5.91 Å². The highest BCUT2D eigenvalue weighted by atomic mass is 19.1. The Morgan fingerprint density at radius 2 is 1.61 bits per heavy atom. The topological polar surface area (TPSA) is 96.5 Å². The zero-order valence-electron chi connectivity index (χ0n) is 15.8. The van der Waals surface area contributed by atoms with Gasteiger partial charge in [-0.25, -0.2) is 9.18 Å². The lowest BCUT2D eigenvalue weighted by atomic mass is 10.2. The molecule has 0 radical (unpaired) electrons. The molecule has 3 amide bonds. The van der Waals surface area contributed by atoms with E-state index in [9.17, 15) is 18.8 Å². The van der Waals surface area contributed by atoms with Crippen molar-refractivity contribution in [2.45, 2.75) is 26.4 Å².